The maximum Gasteiger partial charge on any atom is 0.426 e. The number of ether oxygens (including phenoxy) is 3. The van der Waals surface area contributed by atoms with Crippen molar-refractivity contribution in [2.75, 3.05) is 0 Å². The molecule has 38 heavy (non-hydrogen) atoms. The number of carbonyl (C=O) groups is 3. The number of esters is 3. The molecule has 0 aliphatic rings. The smallest absolute Gasteiger partial charge is 0.426 e. The zero-order valence-electron chi connectivity index (χ0n) is 21.9. The molecule has 0 amide bonds. The SMILES string of the molecule is C=C(C)C(=O)OC(C)CC(O)(C(F)(F)F)C(F)(F)F.C=C(C)C(=O)OC(CC)C(F)(F)C(=O)OC(C)(C)C. The molecular weight excluding hydrogens is 540 g/mol. The molecule has 0 spiro atoms. The largest absolute Gasteiger partial charge is 0.459 e. The number of hydrogen-bond acceptors (Lipinski definition) is 7. The van der Waals surface area contributed by atoms with Crippen molar-refractivity contribution in [2.24, 2.45) is 0 Å². The summed E-state index contributed by atoms with van der Waals surface area (Å²) in [6.45, 7) is 15.5. The van der Waals surface area contributed by atoms with E-state index in [0.29, 0.717) is 0 Å². The molecule has 222 valence electrons. The number of hydrogen-bond donors (Lipinski definition) is 1. The molecule has 0 rings (SSSR count). The number of rotatable bonds is 9. The Kier molecular flexibility index (Phi) is 13.2. The summed E-state index contributed by atoms with van der Waals surface area (Å²) in [6, 6.07) is 0. The van der Waals surface area contributed by atoms with Crippen molar-refractivity contribution in [3.63, 3.8) is 0 Å². The van der Waals surface area contributed by atoms with Crippen molar-refractivity contribution in [1.82, 2.24) is 0 Å². The maximum atomic E-state index is 13.9. The Labute approximate surface area is 214 Å². The van der Waals surface area contributed by atoms with Gasteiger partial charge in [-0.1, -0.05) is 20.1 Å². The normalized spacial score (nSPS) is 14.3. The minimum atomic E-state index is -5.94. The lowest BCUT2D eigenvalue weighted by Crippen LogP contribution is -2.58. The molecule has 15 heteroatoms. The van der Waals surface area contributed by atoms with Crippen LogP contribution < -0.4 is 0 Å². The predicted octanol–water partition coefficient (Wildman–Crippen LogP) is 5.60. The second-order valence-electron chi connectivity index (χ2n) is 9.26. The Bertz CT molecular complexity index is 856. The molecule has 0 aliphatic heterocycles. The van der Waals surface area contributed by atoms with Crippen LogP contribution in [0.25, 0.3) is 0 Å². The number of aliphatic hydroxyl groups is 1. The third-order valence-corrected chi connectivity index (χ3v) is 4.22. The summed E-state index contributed by atoms with van der Waals surface area (Å²) < 4.78 is 115. The van der Waals surface area contributed by atoms with Gasteiger partial charge in [-0.25, -0.2) is 14.4 Å². The fourth-order valence-corrected chi connectivity index (χ4v) is 2.25. The number of alkyl halides is 8. The van der Waals surface area contributed by atoms with E-state index < -0.39 is 66.0 Å². The van der Waals surface area contributed by atoms with Crippen LogP contribution >= 0.6 is 0 Å². The van der Waals surface area contributed by atoms with Crippen LogP contribution in [0.5, 0.6) is 0 Å². The molecule has 0 radical (unpaired) electrons. The molecule has 0 saturated heterocycles. The molecule has 0 saturated carbocycles. The van der Waals surface area contributed by atoms with E-state index in [1.807, 2.05) is 0 Å². The molecule has 0 heterocycles. The Hall–Kier alpha value is -2.71. The maximum absolute atomic E-state index is 13.9. The minimum absolute atomic E-state index is 0.0153. The van der Waals surface area contributed by atoms with E-state index in [1.165, 1.54) is 41.5 Å². The molecule has 0 fully saturated rings. The number of carbonyl (C=O) groups excluding carboxylic acids is 3. The Balaban J connectivity index is 0. The Morgan fingerprint density at radius 2 is 1.18 bits per heavy atom. The van der Waals surface area contributed by atoms with Gasteiger partial charge in [-0.3, -0.25) is 0 Å². The van der Waals surface area contributed by atoms with Crippen LogP contribution in [0.3, 0.4) is 0 Å². The lowest BCUT2D eigenvalue weighted by molar-refractivity contribution is -0.373. The van der Waals surface area contributed by atoms with Gasteiger partial charge in [-0.2, -0.15) is 35.1 Å². The van der Waals surface area contributed by atoms with Gasteiger partial charge in [0, 0.05) is 17.6 Å². The summed E-state index contributed by atoms with van der Waals surface area (Å²) in [7, 11) is 0. The average molecular weight is 572 g/mol. The lowest BCUT2D eigenvalue weighted by atomic mass is 9.95. The summed E-state index contributed by atoms with van der Waals surface area (Å²) in [4.78, 5) is 33.7. The van der Waals surface area contributed by atoms with Crippen molar-refractivity contribution in [3.8, 4) is 0 Å². The van der Waals surface area contributed by atoms with Gasteiger partial charge in [0.05, 0.1) is 0 Å². The minimum Gasteiger partial charge on any atom is -0.459 e. The first-order valence-corrected chi connectivity index (χ1v) is 10.8. The van der Waals surface area contributed by atoms with E-state index in [9.17, 15) is 49.5 Å². The Morgan fingerprint density at radius 3 is 1.47 bits per heavy atom. The average Bonchev–Trinajstić information content (AvgIpc) is 2.68. The second-order valence-corrected chi connectivity index (χ2v) is 9.26. The summed E-state index contributed by atoms with van der Waals surface area (Å²) in [5.74, 6) is -7.71. The van der Waals surface area contributed by atoms with E-state index >= 15 is 0 Å². The molecular formula is C23H32F8O7. The van der Waals surface area contributed by atoms with Crippen molar-refractivity contribution >= 4 is 17.9 Å². The molecule has 0 aromatic carbocycles. The highest BCUT2D eigenvalue weighted by Gasteiger charge is 2.70. The van der Waals surface area contributed by atoms with Gasteiger partial charge in [0.25, 0.3) is 5.60 Å². The first kappa shape index (κ1) is 37.4. The van der Waals surface area contributed by atoms with Gasteiger partial charge in [-0.15, -0.1) is 0 Å². The van der Waals surface area contributed by atoms with Crippen molar-refractivity contribution in [3.05, 3.63) is 24.3 Å². The van der Waals surface area contributed by atoms with Crippen molar-refractivity contribution in [1.29, 1.82) is 0 Å². The zero-order chi connectivity index (χ0) is 31.1. The van der Waals surface area contributed by atoms with E-state index in [1.54, 1.807) is 0 Å². The first-order chi connectivity index (χ1) is 16.6. The number of halogens is 8. The van der Waals surface area contributed by atoms with Gasteiger partial charge in [0.1, 0.15) is 11.7 Å². The van der Waals surface area contributed by atoms with Crippen LogP contribution in [0.2, 0.25) is 0 Å². The van der Waals surface area contributed by atoms with E-state index in [4.69, 9.17) is 5.11 Å². The highest BCUT2D eigenvalue weighted by Crippen LogP contribution is 2.46. The molecule has 7 nitrogen and oxygen atoms in total. The Morgan fingerprint density at radius 1 is 0.816 bits per heavy atom. The van der Waals surface area contributed by atoms with Crippen molar-refractivity contribution < 1.29 is 68.8 Å². The highest BCUT2D eigenvalue weighted by molar-refractivity contribution is 5.88. The molecule has 0 aromatic rings. The summed E-state index contributed by atoms with van der Waals surface area (Å²) in [6.07, 6.45) is -17.6. The lowest BCUT2D eigenvalue weighted by Gasteiger charge is -2.33. The van der Waals surface area contributed by atoms with Crippen LogP contribution in [0.4, 0.5) is 35.1 Å². The summed E-state index contributed by atoms with van der Waals surface area (Å²) in [5.41, 5.74) is -6.18. The first-order valence-electron chi connectivity index (χ1n) is 10.8. The third-order valence-electron chi connectivity index (χ3n) is 4.22. The quantitative estimate of drug-likeness (QED) is 0.166. The van der Waals surface area contributed by atoms with Gasteiger partial charge in [-0.05, 0) is 48.0 Å². The van der Waals surface area contributed by atoms with Crippen LogP contribution in [0.15, 0.2) is 24.3 Å². The summed E-state index contributed by atoms with van der Waals surface area (Å²) >= 11 is 0. The zero-order valence-corrected chi connectivity index (χ0v) is 21.9. The molecule has 0 aliphatic carbocycles. The van der Waals surface area contributed by atoms with E-state index in [0.717, 1.165) is 6.92 Å². The van der Waals surface area contributed by atoms with Gasteiger partial charge < -0.3 is 19.3 Å². The van der Waals surface area contributed by atoms with Crippen LogP contribution in [-0.4, -0.2) is 64.7 Å². The fraction of sp³-hybridized carbons (Fsp3) is 0.696. The monoisotopic (exact) mass is 572 g/mol. The van der Waals surface area contributed by atoms with Crippen LogP contribution in [-0.2, 0) is 28.6 Å². The standard InChI is InChI=1S/C13H20F2O4.C10H12F6O3/c1-7-9(18-10(16)8(2)3)13(14,15)11(17)19-12(4,5)6;1-5(2)7(17)19-6(3)4-8(18,9(11,12)13)10(14,15)16/h9H,2,7H2,1,3-6H3;6,18H,1,4H2,2-3H3. The molecule has 0 bridgehead atoms. The van der Waals surface area contributed by atoms with Crippen LogP contribution in [0.1, 0.15) is 61.3 Å². The van der Waals surface area contributed by atoms with E-state index in [2.05, 4.69) is 27.4 Å². The molecule has 0 aromatic heterocycles. The highest BCUT2D eigenvalue weighted by atomic mass is 19.4. The predicted molar refractivity (Wildman–Crippen MR) is 118 cm³/mol. The molecule has 1 N–H and O–H groups in total. The topological polar surface area (TPSA) is 99.1 Å². The summed E-state index contributed by atoms with van der Waals surface area (Å²) in [5, 5.41) is 8.84. The second kappa shape index (κ2) is 13.4. The molecule has 2 atom stereocenters. The fourth-order valence-electron chi connectivity index (χ4n) is 2.25. The van der Waals surface area contributed by atoms with Gasteiger partial charge >= 0.3 is 36.2 Å². The van der Waals surface area contributed by atoms with Gasteiger partial charge in [0.15, 0.2) is 6.10 Å². The van der Waals surface area contributed by atoms with Gasteiger partial charge in [0.2, 0.25) is 0 Å². The van der Waals surface area contributed by atoms with Crippen molar-refractivity contribution in [2.45, 2.75) is 103 Å². The van der Waals surface area contributed by atoms with E-state index in [-0.39, 0.29) is 17.6 Å². The van der Waals surface area contributed by atoms with Crippen LogP contribution in [0, 0.1) is 0 Å². The third kappa shape index (κ3) is 11.4. The molecule has 2 unspecified atom stereocenters.